The lowest BCUT2D eigenvalue weighted by atomic mass is 10.2. The van der Waals surface area contributed by atoms with Crippen molar-refractivity contribution in [3.05, 3.63) is 23.8 Å². The van der Waals surface area contributed by atoms with Crippen molar-refractivity contribution in [2.75, 3.05) is 24.5 Å². The van der Waals surface area contributed by atoms with Gasteiger partial charge in [-0.05, 0) is 37.6 Å². The lowest BCUT2D eigenvalue weighted by Gasteiger charge is -2.18. The fourth-order valence-electron chi connectivity index (χ4n) is 1.24. The number of nitrogens with two attached hydrogens (primary N) is 1. The number of hydroxylamine groups is 1. The molecule has 0 heterocycles. The smallest absolute Gasteiger partial charge is 0.0720 e. The summed E-state index contributed by atoms with van der Waals surface area (Å²) in [7, 11) is 1.87. The van der Waals surface area contributed by atoms with Crippen LogP contribution in [0.4, 0.5) is 11.4 Å². The van der Waals surface area contributed by atoms with Gasteiger partial charge in [0, 0.05) is 12.7 Å². The van der Waals surface area contributed by atoms with Gasteiger partial charge < -0.3 is 5.73 Å². The topological polar surface area (TPSA) is 38.5 Å². The van der Waals surface area contributed by atoms with Crippen LogP contribution in [0.2, 0.25) is 0 Å². The summed E-state index contributed by atoms with van der Waals surface area (Å²) in [6.07, 6.45) is 0. The van der Waals surface area contributed by atoms with E-state index in [0.717, 1.165) is 16.9 Å². The van der Waals surface area contributed by atoms with E-state index in [9.17, 15) is 0 Å². The average molecular weight is 180 g/mol. The highest BCUT2D eigenvalue weighted by atomic mass is 16.7. The van der Waals surface area contributed by atoms with E-state index >= 15 is 0 Å². The van der Waals surface area contributed by atoms with Crippen LogP contribution in [0.5, 0.6) is 0 Å². The van der Waals surface area contributed by atoms with Crippen molar-refractivity contribution < 1.29 is 4.84 Å². The van der Waals surface area contributed by atoms with Crippen molar-refractivity contribution in [2.24, 2.45) is 0 Å². The fraction of sp³-hybridized carbons (Fsp3) is 0.400. The van der Waals surface area contributed by atoms with Crippen LogP contribution in [0, 0.1) is 6.92 Å². The summed E-state index contributed by atoms with van der Waals surface area (Å²) in [4.78, 5) is 5.32. The second kappa shape index (κ2) is 4.14. The first-order chi connectivity index (χ1) is 6.13. The molecule has 0 bridgehead atoms. The van der Waals surface area contributed by atoms with Crippen molar-refractivity contribution in [3.63, 3.8) is 0 Å². The van der Waals surface area contributed by atoms with Gasteiger partial charge in [0.05, 0.1) is 12.3 Å². The van der Waals surface area contributed by atoms with Gasteiger partial charge in [-0.1, -0.05) is 0 Å². The van der Waals surface area contributed by atoms with Gasteiger partial charge in [0.2, 0.25) is 0 Å². The van der Waals surface area contributed by atoms with Gasteiger partial charge in [0.1, 0.15) is 0 Å². The van der Waals surface area contributed by atoms with Gasteiger partial charge in [-0.15, -0.1) is 0 Å². The second-order valence-corrected chi connectivity index (χ2v) is 3.02. The highest BCUT2D eigenvalue weighted by Crippen LogP contribution is 2.19. The zero-order valence-corrected chi connectivity index (χ0v) is 8.37. The number of nitrogens with zero attached hydrogens (tertiary/aromatic N) is 1. The van der Waals surface area contributed by atoms with Crippen molar-refractivity contribution in [1.82, 2.24) is 0 Å². The average Bonchev–Trinajstić information content (AvgIpc) is 2.03. The van der Waals surface area contributed by atoms with E-state index in [4.69, 9.17) is 10.6 Å². The molecule has 3 nitrogen and oxygen atoms in total. The first-order valence-electron chi connectivity index (χ1n) is 4.37. The van der Waals surface area contributed by atoms with Crippen molar-refractivity contribution in [3.8, 4) is 0 Å². The molecule has 0 saturated heterocycles. The van der Waals surface area contributed by atoms with Crippen LogP contribution < -0.4 is 10.8 Å². The Morgan fingerprint density at radius 2 is 2.08 bits per heavy atom. The number of hydrogen-bond acceptors (Lipinski definition) is 3. The largest absolute Gasteiger partial charge is 0.399 e. The molecule has 0 aliphatic carbocycles. The van der Waals surface area contributed by atoms with Gasteiger partial charge in [0.25, 0.3) is 0 Å². The number of anilines is 2. The molecular formula is C10H16N2O. The molecular weight excluding hydrogens is 164 g/mol. The molecule has 0 aliphatic heterocycles. The highest BCUT2D eigenvalue weighted by molar-refractivity contribution is 5.56. The lowest BCUT2D eigenvalue weighted by molar-refractivity contribution is 0.135. The molecule has 13 heavy (non-hydrogen) atoms. The van der Waals surface area contributed by atoms with Crippen LogP contribution in [-0.4, -0.2) is 13.7 Å². The van der Waals surface area contributed by atoms with Gasteiger partial charge >= 0.3 is 0 Å². The number of benzene rings is 1. The molecule has 0 amide bonds. The van der Waals surface area contributed by atoms with E-state index in [-0.39, 0.29) is 0 Å². The summed E-state index contributed by atoms with van der Waals surface area (Å²) in [5.41, 5.74) is 8.60. The van der Waals surface area contributed by atoms with Crippen molar-refractivity contribution in [2.45, 2.75) is 13.8 Å². The van der Waals surface area contributed by atoms with E-state index < -0.39 is 0 Å². The SMILES string of the molecule is CCON(C)c1cc(C)cc(N)c1. The maximum Gasteiger partial charge on any atom is 0.0720 e. The molecule has 1 rings (SSSR count). The minimum absolute atomic E-state index is 0.657. The number of nitrogen functional groups attached to an aromatic ring is 1. The monoisotopic (exact) mass is 180 g/mol. The van der Waals surface area contributed by atoms with Gasteiger partial charge in [-0.2, -0.15) is 0 Å². The number of hydrogen-bond donors (Lipinski definition) is 1. The van der Waals surface area contributed by atoms with E-state index in [0.29, 0.717) is 6.61 Å². The molecule has 1 aromatic rings. The quantitative estimate of drug-likeness (QED) is 0.571. The number of rotatable bonds is 3. The van der Waals surface area contributed by atoms with E-state index in [1.807, 2.05) is 39.1 Å². The first-order valence-corrected chi connectivity index (χ1v) is 4.37. The normalized spacial score (nSPS) is 10.1. The fourth-order valence-corrected chi connectivity index (χ4v) is 1.24. The molecule has 0 spiro atoms. The maximum atomic E-state index is 5.71. The van der Waals surface area contributed by atoms with Crippen LogP contribution in [0.25, 0.3) is 0 Å². The minimum Gasteiger partial charge on any atom is -0.399 e. The Labute approximate surface area is 79.1 Å². The zero-order valence-electron chi connectivity index (χ0n) is 8.37. The predicted octanol–water partition coefficient (Wildman–Crippen LogP) is 1.96. The molecule has 1 aromatic carbocycles. The molecule has 72 valence electrons. The summed E-state index contributed by atoms with van der Waals surface area (Å²) in [5.74, 6) is 0. The third-order valence-electron chi connectivity index (χ3n) is 1.77. The molecule has 0 unspecified atom stereocenters. The number of aryl methyl sites for hydroxylation is 1. The summed E-state index contributed by atoms with van der Waals surface area (Å²) in [6.45, 7) is 4.62. The third-order valence-corrected chi connectivity index (χ3v) is 1.77. The van der Waals surface area contributed by atoms with E-state index in [1.165, 1.54) is 0 Å². The van der Waals surface area contributed by atoms with Gasteiger partial charge in [0.15, 0.2) is 0 Å². The Hall–Kier alpha value is -1.22. The highest BCUT2D eigenvalue weighted by Gasteiger charge is 2.01. The minimum atomic E-state index is 0.657. The summed E-state index contributed by atoms with van der Waals surface area (Å²) < 4.78 is 0. The second-order valence-electron chi connectivity index (χ2n) is 3.02. The van der Waals surface area contributed by atoms with Crippen LogP contribution in [0.15, 0.2) is 18.2 Å². The zero-order chi connectivity index (χ0) is 9.84. The maximum absolute atomic E-state index is 5.71. The van der Waals surface area contributed by atoms with E-state index in [1.54, 1.807) is 5.06 Å². The Morgan fingerprint density at radius 3 is 2.62 bits per heavy atom. The van der Waals surface area contributed by atoms with Crippen molar-refractivity contribution >= 4 is 11.4 Å². The van der Waals surface area contributed by atoms with Crippen LogP contribution in [0.3, 0.4) is 0 Å². The first kappa shape index (κ1) is 9.86. The molecule has 0 radical (unpaired) electrons. The molecule has 0 atom stereocenters. The van der Waals surface area contributed by atoms with Crippen LogP contribution in [-0.2, 0) is 4.84 Å². The molecule has 0 fully saturated rings. The van der Waals surface area contributed by atoms with Crippen LogP contribution in [0.1, 0.15) is 12.5 Å². The molecule has 0 saturated carbocycles. The third kappa shape index (κ3) is 2.63. The molecule has 0 aromatic heterocycles. The van der Waals surface area contributed by atoms with E-state index in [2.05, 4.69) is 0 Å². The van der Waals surface area contributed by atoms with Gasteiger partial charge in [-0.25, -0.2) is 0 Å². The Kier molecular flexibility index (Phi) is 3.14. The Bertz CT molecular complexity index is 266. The Balaban J connectivity index is 2.87. The summed E-state index contributed by atoms with van der Waals surface area (Å²) >= 11 is 0. The lowest BCUT2D eigenvalue weighted by Crippen LogP contribution is -2.17. The van der Waals surface area contributed by atoms with Gasteiger partial charge in [-0.3, -0.25) is 9.90 Å². The Morgan fingerprint density at radius 1 is 1.38 bits per heavy atom. The standard InChI is InChI=1S/C10H16N2O/c1-4-13-12(3)10-6-8(2)5-9(11)7-10/h5-7H,4,11H2,1-3H3. The molecule has 2 N–H and O–H groups in total. The molecule has 3 heteroatoms. The summed E-state index contributed by atoms with van der Waals surface area (Å²) in [5, 5.41) is 1.73. The van der Waals surface area contributed by atoms with Crippen molar-refractivity contribution in [1.29, 1.82) is 0 Å². The molecule has 0 aliphatic rings. The summed E-state index contributed by atoms with van der Waals surface area (Å²) in [6, 6.07) is 5.86. The predicted molar refractivity (Wildman–Crippen MR) is 55.6 cm³/mol. The van der Waals surface area contributed by atoms with Crippen LogP contribution >= 0.6 is 0 Å².